The van der Waals surface area contributed by atoms with E-state index < -0.39 is 0 Å². The van der Waals surface area contributed by atoms with Gasteiger partial charge in [-0.3, -0.25) is 0 Å². The fourth-order valence-electron chi connectivity index (χ4n) is 7.57. The Morgan fingerprint density at radius 2 is 0.942 bits per heavy atom. The largest absolute Gasteiger partial charge is 0.247 e. The molecule has 0 amide bonds. The van der Waals surface area contributed by atoms with E-state index in [-0.39, 0.29) is 0 Å². The summed E-state index contributed by atoms with van der Waals surface area (Å²) in [6, 6.07) is 55.4. The van der Waals surface area contributed by atoms with Crippen LogP contribution in [0.1, 0.15) is 0 Å². The standard InChI is InChI=1S/C46H26N4S2/c1-3-12-27(13-4-1)43-33-24-25-38-42(41(33)30-16-7-9-19-35(30)47-43)32-23-22-29(26-39(32)52-38)45-48-44(28-14-5-2-6-15-28)49-46(50-45)34-18-11-21-37-40(34)31-17-8-10-20-36(31)51-37/h1-26H. The summed E-state index contributed by atoms with van der Waals surface area (Å²) in [5.41, 5.74) is 6.05. The third-order valence-corrected chi connectivity index (χ3v) is 12.2. The van der Waals surface area contributed by atoms with E-state index in [1.54, 1.807) is 11.3 Å². The number of rotatable bonds is 4. The van der Waals surface area contributed by atoms with Gasteiger partial charge in [0.1, 0.15) is 0 Å². The lowest BCUT2D eigenvalue weighted by Gasteiger charge is -2.12. The first kappa shape index (κ1) is 29.4. The SMILES string of the molecule is c1ccc(-c2nc(-c3ccc4c(c3)sc3ccc5c(-c6ccccc6)nc6ccccc6c5c34)nc(-c3cccc4sc5ccccc5c34)n2)cc1. The van der Waals surface area contributed by atoms with Gasteiger partial charge < -0.3 is 0 Å². The van der Waals surface area contributed by atoms with Crippen LogP contribution in [0.5, 0.6) is 0 Å². The number of aromatic nitrogens is 4. The van der Waals surface area contributed by atoms with E-state index in [9.17, 15) is 0 Å². The molecule has 0 radical (unpaired) electrons. The molecular formula is C46H26N4S2. The highest BCUT2D eigenvalue weighted by Gasteiger charge is 2.19. The number of thiophene rings is 2. The molecule has 242 valence electrons. The summed E-state index contributed by atoms with van der Waals surface area (Å²) in [5.74, 6) is 1.99. The third kappa shape index (κ3) is 4.58. The summed E-state index contributed by atoms with van der Waals surface area (Å²) in [5, 5.41) is 8.45. The number of hydrogen-bond donors (Lipinski definition) is 0. The average molecular weight is 699 g/mol. The predicted molar refractivity (Wildman–Crippen MR) is 220 cm³/mol. The zero-order valence-electron chi connectivity index (χ0n) is 27.6. The number of nitrogens with zero attached hydrogens (tertiary/aromatic N) is 4. The molecule has 0 aliphatic heterocycles. The molecule has 7 aromatic carbocycles. The van der Waals surface area contributed by atoms with Crippen LogP contribution in [0.3, 0.4) is 0 Å². The Morgan fingerprint density at radius 1 is 0.327 bits per heavy atom. The quantitative estimate of drug-likeness (QED) is 0.172. The highest BCUT2D eigenvalue weighted by molar-refractivity contribution is 7.26. The summed E-state index contributed by atoms with van der Waals surface area (Å²) in [4.78, 5) is 20.6. The smallest absolute Gasteiger partial charge is 0.164 e. The Morgan fingerprint density at radius 3 is 1.79 bits per heavy atom. The molecule has 0 unspecified atom stereocenters. The Kier molecular flexibility index (Phi) is 6.56. The number of para-hydroxylation sites is 1. The van der Waals surface area contributed by atoms with E-state index in [0.717, 1.165) is 44.2 Å². The van der Waals surface area contributed by atoms with Crippen molar-refractivity contribution in [3.63, 3.8) is 0 Å². The summed E-state index contributed by atoms with van der Waals surface area (Å²) < 4.78 is 4.91. The molecule has 11 rings (SSSR count). The fourth-order valence-corrected chi connectivity index (χ4v) is 9.85. The second kappa shape index (κ2) is 11.6. The Bertz CT molecular complexity index is 3180. The van der Waals surface area contributed by atoms with Crippen molar-refractivity contribution in [3.8, 4) is 45.4 Å². The van der Waals surface area contributed by atoms with Crippen LogP contribution in [0.25, 0.3) is 107 Å². The van der Waals surface area contributed by atoms with Crippen molar-refractivity contribution in [1.82, 2.24) is 19.9 Å². The Hall–Kier alpha value is -6.34. The molecule has 0 atom stereocenters. The van der Waals surface area contributed by atoms with E-state index in [0.29, 0.717) is 17.5 Å². The molecule has 6 heteroatoms. The van der Waals surface area contributed by atoms with E-state index in [4.69, 9.17) is 19.9 Å². The van der Waals surface area contributed by atoms with Gasteiger partial charge in [-0.15, -0.1) is 22.7 Å². The molecular weight excluding hydrogens is 673 g/mol. The molecule has 0 saturated carbocycles. The second-order valence-corrected chi connectivity index (χ2v) is 15.1. The Balaban J connectivity index is 1.15. The molecule has 0 aliphatic rings. The summed E-state index contributed by atoms with van der Waals surface area (Å²) >= 11 is 3.61. The van der Waals surface area contributed by atoms with Gasteiger partial charge in [-0.25, -0.2) is 19.9 Å². The van der Waals surface area contributed by atoms with Gasteiger partial charge in [0, 0.05) is 78.8 Å². The van der Waals surface area contributed by atoms with Gasteiger partial charge in [0.05, 0.1) is 11.2 Å². The number of hydrogen-bond acceptors (Lipinski definition) is 6. The first-order chi connectivity index (χ1) is 25.8. The topological polar surface area (TPSA) is 51.6 Å². The van der Waals surface area contributed by atoms with E-state index in [1.165, 1.54) is 45.7 Å². The minimum Gasteiger partial charge on any atom is -0.247 e. The predicted octanol–water partition coefficient (Wildman–Crippen LogP) is 13.0. The minimum absolute atomic E-state index is 0.658. The van der Waals surface area contributed by atoms with E-state index in [1.807, 2.05) is 29.5 Å². The third-order valence-electron chi connectivity index (χ3n) is 9.92. The van der Waals surface area contributed by atoms with Crippen LogP contribution in [0.4, 0.5) is 0 Å². The molecule has 0 N–H and O–H groups in total. The monoisotopic (exact) mass is 698 g/mol. The van der Waals surface area contributed by atoms with Crippen LogP contribution in [0.15, 0.2) is 158 Å². The van der Waals surface area contributed by atoms with Gasteiger partial charge in [-0.05, 0) is 30.3 Å². The molecule has 0 bridgehead atoms. The first-order valence-corrected chi connectivity index (χ1v) is 18.9. The maximum atomic E-state index is 5.21. The van der Waals surface area contributed by atoms with Crippen LogP contribution in [-0.4, -0.2) is 19.9 Å². The zero-order chi connectivity index (χ0) is 34.2. The maximum absolute atomic E-state index is 5.21. The molecule has 11 aromatic rings. The van der Waals surface area contributed by atoms with Gasteiger partial charge in [-0.2, -0.15) is 0 Å². The lowest BCUT2D eigenvalue weighted by atomic mass is 9.96. The van der Waals surface area contributed by atoms with Gasteiger partial charge in [-0.1, -0.05) is 127 Å². The molecule has 4 nitrogen and oxygen atoms in total. The summed E-state index contributed by atoms with van der Waals surface area (Å²) in [6.07, 6.45) is 0. The van der Waals surface area contributed by atoms with Gasteiger partial charge in [0.2, 0.25) is 0 Å². The van der Waals surface area contributed by atoms with E-state index in [2.05, 4.69) is 140 Å². The normalized spacial score (nSPS) is 11.8. The van der Waals surface area contributed by atoms with Crippen LogP contribution in [0, 0.1) is 0 Å². The van der Waals surface area contributed by atoms with Crippen molar-refractivity contribution >= 4 is 84.7 Å². The van der Waals surface area contributed by atoms with Crippen molar-refractivity contribution in [1.29, 1.82) is 0 Å². The van der Waals surface area contributed by atoms with Crippen LogP contribution >= 0.6 is 22.7 Å². The average Bonchev–Trinajstić information content (AvgIpc) is 3.79. The Labute approximate surface area is 306 Å². The summed E-state index contributed by atoms with van der Waals surface area (Å²) in [7, 11) is 0. The van der Waals surface area contributed by atoms with E-state index >= 15 is 0 Å². The summed E-state index contributed by atoms with van der Waals surface area (Å²) in [6.45, 7) is 0. The van der Waals surface area contributed by atoms with Crippen molar-refractivity contribution < 1.29 is 0 Å². The highest BCUT2D eigenvalue weighted by atomic mass is 32.1. The van der Waals surface area contributed by atoms with Crippen LogP contribution in [0.2, 0.25) is 0 Å². The maximum Gasteiger partial charge on any atom is 0.164 e. The van der Waals surface area contributed by atoms with Crippen molar-refractivity contribution in [3.05, 3.63) is 158 Å². The molecule has 52 heavy (non-hydrogen) atoms. The molecule has 4 aromatic heterocycles. The highest BCUT2D eigenvalue weighted by Crippen LogP contribution is 2.45. The molecule has 0 spiro atoms. The van der Waals surface area contributed by atoms with Crippen LogP contribution < -0.4 is 0 Å². The second-order valence-electron chi connectivity index (χ2n) is 13.0. The first-order valence-electron chi connectivity index (χ1n) is 17.2. The number of fused-ring (bicyclic) bond motifs is 10. The van der Waals surface area contributed by atoms with Crippen LogP contribution in [-0.2, 0) is 0 Å². The number of pyridine rings is 1. The molecule has 0 fully saturated rings. The fraction of sp³-hybridized carbons (Fsp3) is 0. The minimum atomic E-state index is 0.658. The number of benzene rings is 7. The lowest BCUT2D eigenvalue weighted by Crippen LogP contribution is -2.00. The molecule has 0 aliphatic carbocycles. The van der Waals surface area contributed by atoms with Gasteiger partial charge in [0.25, 0.3) is 0 Å². The molecule has 4 heterocycles. The lowest BCUT2D eigenvalue weighted by molar-refractivity contribution is 1.08. The van der Waals surface area contributed by atoms with Crippen molar-refractivity contribution in [2.75, 3.05) is 0 Å². The van der Waals surface area contributed by atoms with Gasteiger partial charge in [0.15, 0.2) is 17.5 Å². The van der Waals surface area contributed by atoms with Crippen molar-refractivity contribution in [2.24, 2.45) is 0 Å². The van der Waals surface area contributed by atoms with Gasteiger partial charge >= 0.3 is 0 Å². The zero-order valence-corrected chi connectivity index (χ0v) is 29.2. The molecule has 0 saturated heterocycles. The van der Waals surface area contributed by atoms with Crippen molar-refractivity contribution in [2.45, 2.75) is 0 Å².